The van der Waals surface area contributed by atoms with Gasteiger partial charge in [0.2, 0.25) is 5.78 Å². The third-order valence-electron chi connectivity index (χ3n) is 2.68. The Labute approximate surface area is 137 Å². The number of ketones is 2. The minimum Gasteiger partial charge on any atom is -0.463 e. The first-order valence-corrected chi connectivity index (χ1v) is 6.86. The maximum Gasteiger partial charge on any atom is 0.303 e. The number of hydrogen-bond donors (Lipinski definition) is 2. The van der Waals surface area contributed by atoms with Gasteiger partial charge < -0.3 is 24.4 Å². The molecule has 0 rings (SSSR count). The molecule has 0 aliphatic heterocycles. The van der Waals surface area contributed by atoms with Crippen molar-refractivity contribution in [2.45, 2.75) is 52.1 Å². The van der Waals surface area contributed by atoms with Crippen LogP contribution in [0.2, 0.25) is 0 Å². The van der Waals surface area contributed by atoms with E-state index in [0.717, 1.165) is 27.7 Å². The molecule has 0 spiro atoms. The number of esters is 3. The lowest BCUT2D eigenvalue weighted by atomic mass is 9.98. The third kappa shape index (κ3) is 7.29. The fourth-order valence-electron chi connectivity index (χ4n) is 1.69. The highest BCUT2D eigenvalue weighted by molar-refractivity contribution is 6.38. The van der Waals surface area contributed by atoms with Crippen LogP contribution in [-0.2, 0) is 38.2 Å². The largest absolute Gasteiger partial charge is 0.463 e. The van der Waals surface area contributed by atoms with Crippen molar-refractivity contribution < 1.29 is 48.4 Å². The van der Waals surface area contributed by atoms with Crippen LogP contribution in [0.25, 0.3) is 0 Å². The molecule has 136 valence electrons. The van der Waals surface area contributed by atoms with Gasteiger partial charge in [-0.05, 0) is 0 Å². The van der Waals surface area contributed by atoms with Crippen molar-refractivity contribution in [3.63, 3.8) is 0 Å². The van der Waals surface area contributed by atoms with E-state index in [1.165, 1.54) is 0 Å². The fourth-order valence-corrected chi connectivity index (χ4v) is 1.69. The van der Waals surface area contributed by atoms with E-state index >= 15 is 0 Å². The van der Waals surface area contributed by atoms with E-state index in [4.69, 9.17) is 4.74 Å². The summed E-state index contributed by atoms with van der Waals surface area (Å²) < 4.78 is 13.9. The molecule has 0 radical (unpaired) electrons. The van der Waals surface area contributed by atoms with E-state index in [9.17, 15) is 34.2 Å². The summed E-state index contributed by atoms with van der Waals surface area (Å²) in [5.74, 6) is -4.94. The molecule has 0 heterocycles. The number of rotatable bonds is 9. The topological polar surface area (TPSA) is 154 Å². The van der Waals surface area contributed by atoms with Gasteiger partial charge in [-0.3, -0.25) is 24.0 Å². The van der Waals surface area contributed by atoms with Crippen molar-refractivity contribution in [2.24, 2.45) is 0 Å². The van der Waals surface area contributed by atoms with Crippen LogP contribution in [0.1, 0.15) is 27.7 Å². The Morgan fingerprint density at radius 2 is 1.33 bits per heavy atom. The SMILES string of the molecule is CC(=O)OC[C@@H](O)[C@@H](OC(C)=O)[C@H](O)[C@@H](OC(C)=O)C(=O)C(C)=O. The molecule has 0 bridgehead atoms. The summed E-state index contributed by atoms with van der Waals surface area (Å²) in [5.41, 5.74) is 0. The summed E-state index contributed by atoms with van der Waals surface area (Å²) in [6.45, 7) is 3.19. The molecular formula is C14H20O10. The van der Waals surface area contributed by atoms with E-state index in [1.807, 2.05) is 0 Å². The average molecular weight is 348 g/mol. The van der Waals surface area contributed by atoms with Crippen LogP contribution in [0.3, 0.4) is 0 Å². The van der Waals surface area contributed by atoms with Crippen molar-refractivity contribution in [3.8, 4) is 0 Å². The van der Waals surface area contributed by atoms with Gasteiger partial charge in [-0.2, -0.15) is 0 Å². The molecule has 0 aliphatic carbocycles. The monoisotopic (exact) mass is 348 g/mol. The average Bonchev–Trinajstić information content (AvgIpc) is 2.45. The molecule has 0 saturated carbocycles. The number of hydrogen-bond acceptors (Lipinski definition) is 10. The second-order valence-electron chi connectivity index (χ2n) is 4.89. The molecule has 0 aromatic heterocycles. The van der Waals surface area contributed by atoms with Crippen LogP contribution < -0.4 is 0 Å². The quantitative estimate of drug-likeness (QED) is 0.280. The van der Waals surface area contributed by atoms with Crippen LogP contribution in [0.15, 0.2) is 0 Å². The highest BCUT2D eigenvalue weighted by atomic mass is 16.6. The molecule has 4 atom stereocenters. The molecule has 0 aromatic rings. The Morgan fingerprint density at radius 1 is 0.833 bits per heavy atom. The van der Waals surface area contributed by atoms with Crippen molar-refractivity contribution >= 4 is 29.5 Å². The van der Waals surface area contributed by atoms with Crippen LogP contribution in [-0.4, -0.2) is 70.7 Å². The molecule has 2 N–H and O–H groups in total. The number of aliphatic hydroxyl groups is 2. The molecule has 0 aliphatic rings. The lowest BCUT2D eigenvalue weighted by Gasteiger charge is -2.30. The normalized spacial score (nSPS) is 15.4. The summed E-state index contributed by atoms with van der Waals surface area (Å²) >= 11 is 0. The molecule has 10 nitrogen and oxygen atoms in total. The first kappa shape index (κ1) is 21.7. The second-order valence-corrected chi connectivity index (χ2v) is 4.89. The minimum absolute atomic E-state index is 0.661. The molecule has 24 heavy (non-hydrogen) atoms. The maximum absolute atomic E-state index is 11.8. The van der Waals surface area contributed by atoms with Gasteiger partial charge in [0.1, 0.15) is 18.8 Å². The first-order valence-electron chi connectivity index (χ1n) is 6.86. The Bertz CT molecular complexity index is 512. The van der Waals surface area contributed by atoms with Crippen molar-refractivity contribution in [2.75, 3.05) is 6.61 Å². The van der Waals surface area contributed by atoms with Gasteiger partial charge in [0.15, 0.2) is 18.0 Å². The predicted octanol–water partition coefficient (Wildman–Crippen LogP) is -1.71. The fraction of sp³-hybridized carbons (Fsp3) is 0.643. The molecule has 0 amide bonds. The van der Waals surface area contributed by atoms with Crippen LogP contribution >= 0.6 is 0 Å². The lowest BCUT2D eigenvalue weighted by molar-refractivity contribution is -0.185. The van der Waals surface area contributed by atoms with Gasteiger partial charge in [0.05, 0.1) is 0 Å². The number of aliphatic hydroxyl groups excluding tert-OH is 2. The zero-order valence-corrected chi connectivity index (χ0v) is 13.7. The third-order valence-corrected chi connectivity index (χ3v) is 2.68. The number of Topliss-reactive ketones (excluding diaryl/α,β-unsaturated/α-hetero) is 2. The van der Waals surface area contributed by atoms with Crippen molar-refractivity contribution in [1.82, 2.24) is 0 Å². The maximum atomic E-state index is 11.8. The number of carbonyl (C=O) groups excluding carboxylic acids is 5. The van der Waals surface area contributed by atoms with E-state index < -0.39 is 60.5 Å². The summed E-state index contributed by atoms with van der Waals surface area (Å²) in [7, 11) is 0. The summed E-state index contributed by atoms with van der Waals surface area (Å²) in [6.07, 6.45) is -7.56. The van der Waals surface area contributed by atoms with E-state index in [-0.39, 0.29) is 0 Å². The summed E-state index contributed by atoms with van der Waals surface area (Å²) in [6, 6.07) is 0. The molecule has 0 aromatic carbocycles. The van der Waals surface area contributed by atoms with Gasteiger partial charge >= 0.3 is 17.9 Å². The molecule has 0 unspecified atom stereocenters. The molecular weight excluding hydrogens is 328 g/mol. The Hall–Kier alpha value is -2.33. The van der Waals surface area contributed by atoms with Gasteiger partial charge in [-0.1, -0.05) is 0 Å². The first-order chi connectivity index (χ1) is 11.0. The zero-order chi connectivity index (χ0) is 19.0. The van der Waals surface area contributed by atoms with Crippen molar-refractivity contribution in [3.05, 3.63) is 0 Å². The number of ether oxygens (including phenoxy) is 3. The van der Waals surface area contributed by atoms with Crippen molar-refractivity contribution in [1.29, 1.82) is 0 Å². The second kappa shape index (κ2) is 9.73. The lowest BCUT2D eigenvalue weighted by Crippen LogP contribution is -2.53. The summed E-state index contributed by atoms with van der Waals surface area (Å²) in [4.78, 5) is 56.0. The standard InChI is InChI=1S/C14H20O10/c1-6(15)11(20)14(24-9(4)18)12(21)13(23-8(3)17)10(19)5-22-7(2)16/h10,12-14,19,21H,5H2,1-4H3/t10-,12+,13-,14+/m1/s1. The van der Waals surface area contributed by atoms with Gasteiger partial charge in [0.25, 0.3) is 0 Å². The van der Waals surface area contributed by atoms with Crippen LogP contribution in [0.4, 0.5) is 0 Å². The Morgan fingerprint density at radius 3 is 1.71 bits per heavy atom. The zero-order valence-electron chi connectivity index (χ0n) is 13.7. The van der Waals surface area contributed by atoms with Crippen LogP contribution in [0, 0.1) is 0 Å². The molecule has 10 heteroatoms. The highest BCUT2D eigenvalue weighted by Gasteiger charge is 2.42. The van der Waals surface area contributed by atoms with Gasteiger partial charge in [-0.15, -0.1) is 0 Å². The smallest absolute Gasteiger partial charge is 0.303 e. The molecule has 0 saturated heterocycles. The minimum atomic E-state index is -2.06. The Balaban J connectivity index is 5.47. The van der Waals surface area contributed by atoms with E-state index in [1.54, 1.807) is 0 Å². The Kier molecular flexibility index (Phi) is 8.78. The number of carbonyl (C=O) groups is 5. The van der Waals surface area contributed by atoms with E-state index in [2.05, 4.69) is 9.47 Å². The molecule has 0 fully saturated rings. The highest BCUT2D eigenvalue weighted by Crippen LogP contribution is 2.15. The predicted molar refractivity (Wildman–Crippen MR) is 75.4 cm³/mol. The van der Waals surface area contributed by atoms with E-state index in [0.29, 0.717) is 0 Å². The van der Waals surface area contributed by atoms with Gasteiger partial charge in [-0.25, -0.2) is 0 Å². The van der Waals surface area contributed by atoms with Crippen LogP contribution in [0.5, 0.6) is 0 Å². The van der Waals surface area contributed by atoms with Gasteiger partial charge in [0, 0.05) is 27.7 Å². The summed E-state index contributed by atoms with van der Waals surface area (Å²) in [5, 5.41) is 20.1.